The van der Waals surface area contributed by atoms with Gasteiger partial charge in [-0.2, -0.15) is 0 Å². The number of benzene rings is 8. The normalized spacial score (nSPS) is 12.4. The molecule has 8 heteroatoms. The standard InChI is InChI=1S/C60H76N2Si6/c1-41-28-45(33-49(30-41)63(3)4)61(47-35-51(65(7)8)39-52(36-47)66(9)10)60-56-25-21-20-24-55(56)59(57-27-26-44(32-58(57)60)43-22-18-17-19-23-43)62(46-29-42(2)31-50(34-46)64(5)6)48-37-53(67(11,12)13)40-54(38-48)68(14,15)16/h17-40,63-66H,1-16H3. The molecule has 0 radical (unpaired) electrons. The number of anilines is 6. The highest BCUT2D eigenvalue weighted by Gasteiger charge is 2.30. The third-order valence-corrected chi connectivity index (χ3v) is 24.7. The van der Waals surface area contributed by atoms with E-state index >= 15 is 0 Å². The van der Waals surface area contributed by atoms with Gasteiger partial charge in [0.15, 0.2) is 0 Å². The zero-order chi connectivity index (χ0) is 49.0. The van der Waals surface area contributed by atoms with Gasteiger partial charge in [-0.05, 0) is 90.7 Å². The maximum absolute atomic E-state index is 2.70. The maximum atomic E-state index is 2.70. The molecule has 0 aliphatic carbocycles. The van der Waals surface area contributed by atoms with Gasteiger partial charge in [0.25, 0.3) is 0 Å². The van der Waals surface area contributed by atoms with E-state index in [0.29, 0.717) is 0 Å². The van der Waals surface area contributed by atoms with Crippen LogP contribution in [0.15, 0.2) is 146 Å². The van der Waals surface area contributed by atoms with Crippen molar-refractivity contribution in [1.82, 2.24) is 0 Å². The van der Waals surface area contributed by atoms with Crippen molar-refractivity contribution in [2.75, 3.05) is 9.80 Å². The number of rotatable bonds is 13. The Labute approximate surface area is 418 Å². The number of hydrogen-bond donors (Lipinski definition) is 0. The summed E-state index contributed by atoms with van der Waals surface area (Å²) in [6.07, 6.45) is 0. The molecule has 0 unspecified atom stereocenters. The van der Waals surface area contributed by atoms with E-state index in [2.05, 4.69) is 261 Å². The van der Waals surface area contributed by atoms with Gasteiger partial charge in [0.2, 0.25) is 0 Å². The van der Waals surface area contributed by atoms with Crippen molar-refractivity contribution in [3.8, 4) is 11.1 Å². The Morgan fingerprint density at radius 2 is 0.691 bits per heavy atom. The minimum Gasteiger partial charge on any atom is -0.309 e. The van der Waals surface area contributed by atoms with E-state index in [4.69, 9.17) is 0 Å². The van der Waals surface area contributed by atoms with Crippen molar-refractivity contribution in [2.24, 2.45) is 0 Å². The highest BCUT2D eigenvalue weighted by atomic mass is 28.3. The van der Waals surface area contributed by atoms with Crippen molar-refractivity contribution in [2.45, 2.75) is 106 Å². The van der Waals surface area contributed by atoms with E-state index in [1.54, 1.807) is 10.4 Å². The van der Waals surface area contributed by atoms with E-state index in [1.807, 2.05) is 0 Å². The summed E-state index contributed by atoms with van der Waals surface area (Å²) in [5, 5.41) is 14.2. The molecule has 0 fully saturated rings. The van der Waals surface area contributed by atoms with Crippen LogP contribution in [0.4, 0.5) is 34.1 Å². The fraction of sp³-hybridized carbons (Fsp3) is 0.267. The first-order chi connectivity index (χ1) is 32.1. The molecule has 0 aliphatic rings. The first-order valence-corrected chi connectivity index (χ1v) is 43.8. The van der Waals surface area contributed by atoms with Crippen LogP contribution in [0.2, 0.25) is 91.7 Å². The molecule has 0 atom stereocenters. The smallest absolute Gasteiger partial charge is 0.0776 e. The highest BCUT2D eigenvalue weighted by molar-refractivity contribution is 6.91. The lowest BCUT2D eigenvalue weighted by Crippen LogP contribution is -2.45. The average Bonchev–Trinajstić information content (AvgIpc) is 3.28. The second kappa shape index (κ2) is 19.5. The fourth-order valence-electron chi connectivity index (χ4n) is 9.81. The first-order valence-electron chi connectivity index (χ1n) is 25.3. The Hall–Kier alpha value is -4.82. The van der Waals surface area contributed by atoms with Crippen LogP contribution in [0.3, 0.4) is 0 Å². The predicted octanol–water partition coefficient (Wildman–Crippen LogP) is 13.1. The molecule has 0 aliphatic heterocycles. The fourth-order valence-corrected chi connectivity index (χ4v) is 16.7. The lowest BCUT2D eigenvalue weighted by atomic mass is 9.92. The topological polar surface area (TPSA) is 6.48 Å². The van der Waals surface area contributed by atoms with Crippen molar-refractivity contribution in [3.63, 3.8) is 0 Å². The van der Waals surface area contributed by atoms with Gasteiger partial charge < -0.3 is 9.80 Å². The number of nitrogens with zero attached hydrogens (tertiary/aromatic N) is 2. The molecule has 0 saturated heterocycles. The Bertz CT molecular complexity index is 3080. The molecule has 0 spiro atoms. The second-order valence-electron chi connectivity index (χ2n) is 23.0. The third-order valence-electron chi connectivity index (χ3n) is 14.0. The Balaban J connectivity index is 1.62. The van der Waals surface area contributed by atoms with Crippen LogP contribution >= 0.6 is 0 Å². The Morgan fingerprint density at radius 3 is 1.12 bits per heavy atom. The van der Waals surface area contributed by atoms with Gasteiger partial charge in [-0.3, -0.25) is 0 Å². The van der Waals surface area contributed by atoms with E-state index in [0.717, 1.165) is 0 Å². The van der Waals surface area contributed by atoms with E-state index in [9.17, 15) is 0 Å². The van der Waals surface area contributed by atoms with Crippen LogP contribution in [0.25, 0.3) is 32.7 Å². The molecule has 8 rings (SSSR count). The summed E-state index contributed by atoms with van der Waals surface area (Å²) in [6.45, 7) is 39.6. The molecule has 0 heterocycles. The molecule has 8 aromatic rings. The molecule has 0 amide bonds. The molecular formula is C60H76N2Si6. The molecule has 0 saturated carbocycles. The van der Waals surface area contributed by atoms with Crippen molar-refractivity contribution < 1.29 is 0 Å². The van der Waals surface area contributed by atoms with Gasteiger partial charge in [-0.1, -0.05) is 214 Å². The van der Waals surface area contributed by atoms with E-state index in [-0.39, 0.29) is 0 Å². The highest BCUT2D eigenvalue weighted by Crippen LogP contribution is 2.51. The predicted molar refractivity (Wildman–Crippen MR) is 326 cm³/mol. The minimum atomic E-state index is -1.75. The summed E-state index contributed by atoms with van der Waals surface area (Å²) in [4.78, 5) is 5.40. The van der Waals surface area contributed by atoms with Crippen molar-refractivity contribution in [3.05, 3.63) is 157 Å². The van der Waals surface area contributed by atoms with Gasteiger partial charge in [-0.25, -0.2) is 0 Å². The molecule has 0 bridgehead atoms. The summed E-state index contributed by atoms with van der Waals surface area (Å²) in [6, 6.07) is 58.2. The van der Waals surface area contributed by atoms with Crippen molar-refractivity contribution in [1.29, 1.82) is 0 Å². The summed E-state index contributed by atoms with van der Waals surface area (Å²) < 4.78 is 0. The molecule has 0 aromatic heterocycles. The van der Waals surface area contributed by atoms with Gasteiger partial charge in [-0.15, -0.1) is 0 Å². The van der Waals surface area contributed by atoms with Gasteiger partial charge in [0.1, 0.15) is 0 Å². The van der Waals surface area contributed by atoms with Gasteiger partial charge >= 0.3 is 0 Å². The zero-order valence-electron chi connectivity index (χ0n) is 44.1. The third kappa shape index (κ3) is 10.2. The van der Waals surface area contributed by atoms with E-state index < -0.39 is 51.3 Å². The molecular weight excluding hydrogens is 917 g/mol. The van der Waals surface area contributed by atoms with Crippen LogP contribution in [-0.4, -0.2) is 51.3 Å². The molecule has 8 aromatic carbocycles. The van der Waals surface area contributed by atoms with Crippen LogP contribution in [0.5, 0.6) is 0 Å². The Kier molecular flexibility index (Phi) is 14.2. The minimum absolute atomic E-state index is 1.17. The molecule has 350 valence electrons. The quantitative estimate of drug-likeness (QED) is 0.0645. The van der Waals surface area contributed by atoms with E-state index in [1.165, 1.54) is 98.7 Å². The lowest BCUT2D eigenvalue weighted by Gasteiger charge is -2.35. The van der Waals surface area contributed by atoms with Crippen molar-refractivity contribution >= 4 is 138 Å². The first kappa shape index (κ1) is 49.6. The SMILES string of the molecule is Cc1cc(N(c2cc([Si](C)(C)C)cc([Si](C)(C)C)c2)c2c3ccccc3c(N(c3cc(C)cc([SiH](C)C)c3)c3cc([SiH](C)C)cc([SiH](C)C)c3)c3cc(-c4ccccc4)ccc23)cc([SiH](C)C)c1. The van der Waals surface area contributed by atoms with Crippen LogP contribution in [0, 0.1) is 13.8 Å². The molecule has 2 nitrogen and oxygen atoms in total. The molecule has 68 heavy (non-hydrogen) atoms. The summed E-state index contributed by atoms with van der Waals surface area (Å²) in [7, 11) is -8.19. The summed E-state index contributed by atoms with van der Waals surface area (Å²) in [5.41, 5.74) is 12.7. The summed E-state index contributed by atoms with van der Waals surface area (Å²) >= 11 is 0. The second-order valence-corrected chi connectivity index (χ2v) is 45.0. The van der Waals surface area contributed by atoms with Crippen LogP contribution < -0.4 is 40.9 Å². The number of aryl methyl sites for hydroxylation is 2. The maximum Gasteiger partial charge on any atom is 0.0776 e. The average molecular weight is 994 g/mol. The summed E-state index contributed by atoms with van der Waals surface area (Å²) in [5.74, 6) is 0. The number of fused-ring (bicyclic) bond motifs is 2. The lowest BCUT2D eigenvalue weighted by molar-refractivity contribution is 1.29. The number of hydrogen-bond acceptors (Lipinski definition) is 2. The van der Waals surface area contributed by atoms with Gasteiger partial charge in [0.05, 0.1) is 62.7 Å². The largest absolute Gasteiger partial charge is 0.309 e. The Morgan fingerprint density at radius 1 is 0.324 bits per heavy atom. The monoisotopic (exact) mass is 992 g/mol. The van der Waals surface area contributed by atoms with Gasteiger partial charge in [0, 0.05) is 44.3 Å². The molecule has 0 N–H and O–H groups in total. The van der Waals surface area contributed by atoms with Crippen LogP contribution in [0.1, 0.15) is 11.1 Å². The van der Waals surface area contributed by atoms with Crippen LogP contribution in [-0.2, 0) is 0 Å². The zero-order valence-corrected chi connectivity index (χ0v) is 50.7.